The average molecular weight is 398 g/mol. The van der Waals surface area contributed by atoms with Crippen LogP contribution in [0.25, 0.3) is 0 Å². The van der Waals surface area contributed by atoms with E-state index in [1.54, 1.807) is 11.0 Å². The highest BCUT2D eigenvalue weighted by Crippen LogP contribution is 2.28. The fourth-order valence-electron chi connectivity index (χ4n) is 3.24. The van der Waals surface area contributed by atoms with E-state index in [9.17, 15) is 22.8 Å². The molecule has 0 spiro atoms. The van der Waals surface area contributed by atoms with E-state index < -0.39 is 23.7 Å². The number of nitrogens with zero attached hydrogens (tertiary/aromatic N) is 4. The number of hydrogen-bond acceptors (Lipinski definition) is 4. The fourth-order valence-corrected chi connectivity index (χ4v) is 3.24. The third kappa shape index (κ3) is 4.20. The van der Waals surface area contributed by atoms with E-state index in [1.807, 2.05) is 25.1 Å². The number of carbonyl (C=O) groups excluding carboxylic acids is 1. The van der Waals surface area contributed by atoms with E-state index in [0.717, 1.165) is 17.3 Å². The molecular weight excluding hydrogens is 377 g/mol. The first-order chi connectivity index (χ1) is 13.2. The van der Waals surface area contributed by atoms with Crippen molar-refractivity contribution in [3.8, 4) is 5.75 Å². The Bertz CT molecular complexity index is 912. The van der Waals surface area contributed by atoms with Crippen LogP contribution in [-0.2, 0) is 18.0 Å². The Morgan fingerprint density at radius 2 is 1.96 bits per heavy atom. The summed E-state index contributed by atoms with van der Waals surface area (Å²) in [4.78, 5) is 26.0. The first-order valence-corrected chi connectivity index (χ1v) is 8.87. The lowest BCUT2D eigenvalue weighted by atomic mass is 10.1. The van der Waals surface area contributed by atoms with Gasteiger partial charge in [-0.3, -0.25) is 9.36 Å². The zero-order valence-corrected chi connectivity index (χ0v) is 15.6. The molecule has 1 aliphatic heterocycles. The van der Waals surface area contributed by atoms with Gasteiger partial charge < -0.3 is 9.64 Å². The number of rotatable bonds is 4. The summed E-state index contributed by atoms with van der Waals surface area (Å²) in [5.74, 6) is -0.824. The Balaban J connectivity index is 1.59. The van der Waals surface area contributed by atoms with Crippen LogP contribution in [0.3, 0.4) is 0 Å². The summed E-state index contributed by atoms with van der Waals surface area (Å²) in [6, 6.07) is 6.86. The number of aromatic nitrogens is 3. The highest BCUT2D eigenvalue weighted by Gasteiger charge is 2.39. The van der Waals surface area contributed by atoms with Crippen LogP contribution in [0.5, 0.6) is 5.75 Å². The van der Waals surface area contributed by atoms with Gasteiger partial charge in [0, 0.05) is 20.1 Å². The molecule has 0 atom stereocenters. The normalized spacial score (nSPS) is 15.7. The number of likely N-dealkylation sites (tertiary alicyclic amines) is 1. The van der Waals surface area contributed by atoms with Crippen LogP contribution in [0.1, 0.15) is 30.3 Å². The molecule has 7 nitrogen and oxygen atoms in total. The Kier molecular flexibility index (Phi) is 5.48. The van der Waals surface area contributed by atoms with Crippen LogP contribution in [0, 0.1) is 6.92 Å². The smallest absolute Gasteiger partial charge is 0.451 e. The Morgan fingerprint density at radius 1 is 1.29 bits per heavy atom. The average Bonchev–Trinajstić information content (AvgIpc) is 2.95. The van der Waals surface area contributed by atoms with Crippen molar-refractivity contribution in [3.63, 3.8) is 0 Å². The predicted octanol–water partition coefficient (Wildman–Crippen LogP) is 2.15. The van der Waals surface area contributed by atoms with E-state index >= 15 is 0 Å². The summed E-state index contributed by atoms with van der Waals surface area (Å²) >= 11 is 0. The number of alkyl halides is 3. The molecule has 2 aromatic rings. The molecule has 152 valence electrons. The van der Waals surface area contributed by atoms with E-state index in [0.29, 0.717) is 36.2 Å². The molecule has 0 aliphatic carbocycles. The van der Waals surface area contributed by atoms with Gasteiger partial charge in [-0.2, -0.15) is 13.2 Å². The maximum Gasteiger partial charge on any atom is 0.451 e. The molecule has 0 bridgehead atoms. The molecule has 2 heterocycles. The molecule has 1 fully saturated rings. The van der Waals surface area contributed by atoms with Gasteiger partial charge in [-0.05, 0) is 37.5 Å². The SMILES string of the molecule is Cc1cccc(OCC(=O)N2CCC(n3nc(C(F)(F)F)n(C)c3=O)CC2)c1. The van der Waals surface area contributed by atoms with Gasteiger partial charge in [0.2, 0.25) is 5.82 Å². The molecule has 0 radical (unpaired) electrons. The molecule has 28 heavy (non-hydrogen) atoms. The van der Waals surface area contributed by atoms with Crippen LogP contribution in [0.4, 0.5) is 13.2 Å². The van der Waals surface area contributed by atoms with Crippen molar-refractivity contribution in [2.45, 2.75) is 32.0 Å². The van der Waals surface area contributed by atoms with Crippen LogP contribution in [0.2, 0.25) is 0 Å². The van der Waals surface area contributed by atoms with E-state index in [2.05, 4.69) is 5.10 Å². The number of hydrogen-bond donors (Lipinski definition) is 0. The lowest BCUT2D eigenvalue weighted by Crippen LogP contribution is -2.43. The van der Waals surface area contributed by atoms with Crippen LogP contribution >= 0.6 is 0 Å². The summed E-state index contributed by atoms with van der Waals surface area (Å²) < 4.78 is 45.7. The number of benzene rings is 1. The minimum atomic E-state index is -4.69. The second kappa shape index (κ2) is 7.69. The summed E-state index contributed by atoms with van der Waals surface area (Å²) in [6.07, 6.45) is -3.99. The Hall–Kier alpha value is -2.78. The molecule has 10 heteroatoms. The molecule has 1 aromatic heterocycles. The molecule has 3 rings (SSSR count). The van der Waals surface area contributed by atoms with Crippen molar-refractivity contribution in [3.05, 3.63) is 46.1 Å². The first-order valence-electron chi connectivity index (χ1n) is 8.87. The number of piperidine rings is 1. The lowest BCUT2D eigenvalue weighted by Gasteiger charge is -2.31. The third-order valence-electron chi connectivity index (χ3n) is 4.77. The van der Waals surface area contributed by atoms with Crippen LogP contribution in [0.15, 0.2) is 29.1 Å². The van der Waals surface area contributed by atoms with E-state index in [-0.39, 0.29) is 12.5 Å². The van der Waals surface area contributed by atoms with Crippen LogP contribution < -0.4 is 10.4 Å². The summed E-state index contributed by atoms with van der Waals surface area (Å²) in [5.41, 5.74) is 0.213. The minimum absolute atomic E-state index is 0.115. The summed E-state index contributed by atoms with van der Waals surface area (Å²) in [5, 5.41) is 3.47. The van der Waals surface area contributed by atoms with Gasteiger partial charge in [-0.25, -0.2) is 9.48 Å². The number of ether oxygens (including phenoxy) is 1. The second-order valence-corrected chi connectivity index (χ2v) is 6.82. The molecule has 1 aromatic carbocycles. The third-order valence-corrected chi connectivity index (χ3v) is 4.77. The van der Waals surface area contributed by atoms with Crippen molar-refractivity contribution >= 4 is 5.91 Å². The van der Waals surface area contributed by atoms with Gasteiger partial charge >= 0.3 is 11.9 Å². The zero-order valence-electron chi connectivity index (χ0n) is 15.6. The maximum atomic E-state index is 12.9. The minimum Gasteiger partial charge on any atom is -0.484 e. The van der Waals surface area contributed by atoms with Crippen LogP contribution in [-0.4, -0.2) is 44.9 Å². The molecule has 0 N–H and O–H groups in total. The van der Waals surface area contributed by atoms with Gasteiger partial charge in [-0.15, -0.1) is 5.10 Å². The standard InChI is InChI=1S/C18H21F3N4O3/c1-12-4-3-5-14(10-12)28-11-15(26)24-8-6-13(7-9-24)25-17(27)23(2)16(22-25)18(19,20)21/h3-5,10,13H,6-9,11H2,1-2H3. The van der Waals surface area contributed by atoms with Gasteiger partial charge in [0.1, 0.15) is 5.75 Å². The fraction of sp³-hybridized carbons (Fsp3) is 0.500. The first kappa shape index (κ1) is 20.0. The van der Waals surface area contributed by atoms with Gasteiger partial charge in [0.05, 0.1) is 6.04 Å². The Morgan fingerprint density at radius 3 is 2.54 bits per heavy atom. The molecule has 1 aliphatic rings. The molecule has 0 unspecified atom stereocenters. The monoisotopic (exact) mass is 398 g/mol. The van der Waals surface area contributed by atoms with Crippen molar-refractivity contribution in [2.75, 3.05) is 19.7 Å². The van der Waals surface area contributed by atoms with Gasteiger partial charge in [-0.1, -0.05) is 12.1 Å². The molecular formula is C18H21F3N4O3. The van der Waals surface area contributed by atoms with Crippen molar-refractivity contribution in [1.29, 1.82) is 0 Å². The zero-order chi connectivity index (χ0) is 20.5. The molecule has 1 amide bonds. The summed E-state index contributed by atoms with van der Waals surface area (Å²) in [7, 11) is 1.05. The highest BCUT2D eigenvalue weighted by molar-refractivity contribution is 5.77. The topological polar surface area (TPSA) is 69.4 Å². The lowest BCUT2D eigenvalue weighted by molar-refractivity contribution is -0.147. The summed E-state index contributed by atoms with van der Waals surface area (Å²) in [6.45, 7) is 2.45. The highest BCUT2D eigenvalue weighted by atomic mass is 19.4. The molecule has 0 saturated carbocycles. The van der Waals surface area contributed by atoms with Crippen molar-refractivity contribution in [1.82, 2.24) is 19.2 Å². The predicted molar refractivity (Wildman–Crippen MR) is 94.0 cm³/mol. The van der Waals surface area contributed by atoms with Gasteiger partial charge in [0.15, 0.2) is 6.61 Å². The second-order valence-electron chi connectivity index (χ2n) is 6.82. The number of halogens is 3. The van der Waals surface area contributed by atoms with E-state index in [1.165, 1.54) is 0 Å². The Labute approximate surface area is 159 Å². The quantitative estimate of drug-likeness (QED) is 0.792. The maximum absolute atomic E-state index is 12.9. The van der Waals surface area contributed by atoms with E-state index in [4.69, 9.17) is 4.74 Å². The largest absolute Gasteiger partial charge is 0.484 e. The number of amides is 1. The van der Waals surface area contributed by atoms with Crippen molar-refractivity contribution in [2.24, 2.45) is 7.05 Å². The molecule has 1 saturated heterocycles. The number of aryl methyl sites for hydroxylation is 1. The number of carbonyl (C=O) groups is 1. The van der Waals surface area contributed by atoms with Crippen molar-refractivity contribution < 1.29 is 22.7 Å². The van der Waals surface area contributed by atoms with Gasteiger partial charge in [0.25, 0.3) is 5.91 Å².